The monoisotopic (exact) mass is 318 g/mol. The zero-order valence-corrected chi connectivity index (χ0v) is 13.2. The van der Waals surface area contributed by atoms with Gasteiger partial charge < -0.3 is 9.64 Å². The van der Waals surface area contributed by atoms with Gasteiger partial charge in [0.05, 0.1) is 18.5 Å². The topological polar surface area (TPSA) is 60.2 Å². The molecule has 6 nitrogen and oxygen atoms in total. The van der Waals surface area contributed by atoms with Crippen LogP contribution in [0.2, 0.25) is 0 Å². The van der Waals surface area contributed by atoms with Gasteiger partial charge in [0.15, 0.2) is 5.16 Å². The molecule has 1 aliphatic heterocycles. The predicted molar refractivity (Wildman–Crippen MR) is 84.1 cm³/mol. The number of benzene rings is 1. The molecular formula is C15H18N4O2S. The Bertz CT molecular complexity index is 625. The number of carbonyl (C=O) groups excluding carboxylic acids is 1. The third kappa shape index (κ3) is 3.31. The summed E-state index contributed by atoms with van der Waals surface area (Å²) in [5, 5.41) is 8.63. The number of hydrogen-bond acceptors (Lipinski definition) is 5. The van der Waals surface area contributed by atoms with Gasteiger partial charge in [0.1, 0.15) is 6.33 Å². The molecule has 1 aliphatic rings. The van der Waals surface area contributed by atoms with Gasteiger partial charge in [0.2, 0.25) is 5.91 Å². The SMILES string of the molecule is CC(Sc1nncn1-c1ccccc1)C(=O)N1CCOCC1. The lowest BCUT2D eigenvalue weighted by Crippen LogP contribution is -2.44. The van der Waals surface area contributed by atoms with E-state index in [1.807, 2.05) is 46.7 Å². The molecule has 1 amide bonds. The van der Waals surface area contributed by atoms with E-state index in [1.54, 1.807) is 6.33 Å². The van der Waals surface area contributed by atoms with Gasteiger partial charge in [-0.2, -0.15) is 0 Å². The van der Waals surface area contributed by atoms with Crippen molar-refractivity contribution in [3.63, 3.8) is 0 Å². The molecule has 0 spiro atoms. The molecule has 1 aromatic heterocycles. The minimum absolute atomic E-state index is 0.121. The van der Waals surface area contributed by atoms with Crippen molar-refractivity contribution in [1.29, 1.82) is 0 Å². The Labute approximate surface area is 133 Å². The fourth-order valence-corrected chi connectivity index (χ4v) is 3.25. The molecule has 2 aromatic rings. The van der Waals surface area contributed by atoms with Crippen molar-refractivity contribution < 1.29 is 9.53 Å². The molecule has 1 unspecified atom stereocenters. The first kappa shape index (κ1) is 15.1. The highest BCUT2D eigenvalue weighted by Gasteiger charge is 2.24. The molecule has 0 N–H and O–H groups in total. The fraction of sp³-hybridized carbons (Fsp3) is 0.400. The summed E-state index contributed by atoms with van der Waals surface area (Å²) < 4.78 is 7.18. The van der Waals surface area contributed by atoms with Gasteiger partial charge in [-0.25, -0.2) is 0 Å². The van der Waals surface area contributed by atoms with Crippen LogP contribution in [0.5, 0.6) is 0 Å². The summed E-state index contributed by atoms with van der Waals surface area (Å²) in [4.78, 5) is 14.3. The zero-order chi connectivity index (χ0) is 15.4. The van der Waals surface area contributed by atoms with E-state index in [0.29, 0.717) is 26.3 Å². The maximum Gasteiger partial charge on any atom is 0.236 e. The first-order chi connectivity index (χ1) is 10.8. The lowest BCUT2D eigenvalue weighted by atomic mass is 10.3. The van der Waals surface area contributed by atoms with Gasteiger partial charge in [-0.05, 0) is 19.1 Å². The standard InChI is InChI=1S/C15H18N4O2S/c1-12(14(20)18-7-9-21-10-8-18)22-15-17-16-11-19(15)13-5-3-2-4-6-13/h2-6,11-12H,7-10H2,1H3. The Morgan fingerprint density at radius 2 is 2.00 bits per heavy atom. The third-order valence-electron chi connectivity index (χ3n) is 3.50. The van der Waals surface area contributed by atoms with Crippen molar-refractivity contribution in [2.24, 2.45) is 0 Å². The number of para-hydroxylation sites is 1. The average molecular weight is 318 g/mol. The van der Waals surface area contributed by atoms with Crippen LogP contribution < -0.4 is 0 Å². The largest absolute Gasteiger partial charge is 0.378 e. The van der Waals surface area contributed by atoms with Crippen molar-refractivity contribution in [3.8, 4) is 5.69 Å². The number of ether oxygens (including phenoxy) is 1. The Kier molecular flexibility index (Phi) is 4.74. The summed E-state index contributed by atoms with van der Waals surface area (Å²) in [7, 11) is 0. The first-order valence-electron chi connectivity index (χ1n) is 7.24. The van der Waals surface area contributed by atoms with E-state index >= 15 is 0 Å². The van der Waals surface area contributed by atoms with Crippen LogP contribution in [0.4, 0.5) is 0 Å². The van der Waals surface area contributed by atoms with Crippen LogP contribution in [-0.2, 0) is 9.53 Å². The van der Waals surface area contributed by atoms with Crippen LogP contribution in [0.3, 0.4) is 0 Å². The summed E-state index contributed by atoms with van der Waals surface area (Å²) in [6, 6.07) is 9.87. The van der Waals surface area contributed by atoms with Crippen LogP contribution in [0.25, 0.3) is 5.69 Å². The molecule has 2 heterocycles. The molecule has 1 aromatic carbocycles. The number of nitrogens with zero attached hydrogens (tertiary/aromatic N) is 4. The number of amides is 1. The molecule has 0 bridgehead atoms. The minimum atomic E-state index is -0.204. The highest BCUT2D eigenvalue weighted by atomic mass is 32.2. The molecule has 1 atom stereocenters. The summed E-state index contributed by atoms with van der Waals surface area (Å²) in [5.41, 5.74) is 0.987. The van der Waals surface area contributed by atoms with Crippen LogP contribution in [-0.4, -0.2) is 57.1 Å². The van der Waals surface area contributed by atoms with Crippen molar-refractivity contribution in [2.75, 3.05) is 26.3 Å². The molecule has 0 saturated carbocycles. The summed E-state index contributed by atoms with van der Waals surface area (Å²) in [6.07, 6.45) is 1.67. The van der Waals surface area contributed by atoms with E-state index in [0.717, 1.165) is 10.8 Å². The summed E-state index contributed by atoms with van der Waals surface area (Å²) >= 11 is 1.43. The highest BCUT2D eigenvalue weighted by Crippen LogP contribution is 2.25. The van der Waals surface area contributed by atoms with Gasteiger partial charge in [-0.3, -0.25) is 9.36 Å². The number of thioether (sulfide) groups is 1. The quantitative estimate of drug-likeness (QED) is 0.802. The van der Waals surface area contributed by atoms with Gasteiger partial charge >= 0.3 is 0 Å². The minimum Gasteiger partial charge on any atom is -0.378 e. The van der Waals surface area contributed by atoms with Gasteiger partial charge in [0, 0.05) is 18.8 Å². The van der Waals surface area contributed by atoms with Crippen LogP contribution in [0.15, 0.2) is 41.8 Å². The first-order valence-corrected chi connectivity index (χ1v) is 8.12. The number of hydrogen-bond donors (Lipinski definition) is 0. The van der Waals surface area contributed by atoms with Crippen molar-refractivity contribution in [3.05, 3.63) is 36.7 Å². The molecule has 0 aliphatic carbocycles. The maximum absolute atomic E-state index is 12.5. The van der Waals surface area contributed by atoms with Crippen molar-refractivity contribution in [1.82, 2.24) is 19.7 Å². The fourth-order valence-electron chi connectivity index (χ4n) is 2.32. The second-order valence-corrected chi connectivity index (χ2v) is 6.32. The predicted octanol–water partition coefficient (Wildman–Crippen LogP) is 1.61. The van der Waals surface area contributed by atoms with E-state index in [-0.39, 0.29) is 11.2 Å². The van der Waals surface area contributed by atoms with Crippen LogP contribution >= 0.6 is 11.8 Å². The summed E-state index contributed by atoms with van der Waals surface area (Å²) in [6.45, 7) is 4.46. The molecule has 0 radical (unpaired) electrons. The third-order valence-corrected chi connectivity index (χ3v) is 4.55. The molecule has 116 valence electrons. The number of rotatable bonds is 4. The lowest BCUT2D eigenvalue weighted by Gasteiger charge is -2.28. The molecule has 1 fully saturated rings. The Hall–Kier alpha value is -1.86. The molecular weight excluding hydrogens is 300 g/mol. The lowest BCUT2D eigenvalue weighted by molar-refractivity contribution is -0.134. The maximum atomic E-state index is 12.5. The van der Waals surface area contributed by atoms with Crippen molar-refractivity contribution in [2.45, 2.75) is 17.3 Å². The number of morpholine rings is 1. The Balaban J connectivity index is 1.71. The van der Waals surface area contributed by atoms with Crippen LogP contribution in [0, 0.1) is 0 Å². The van der Waals surface area contributed by atoms with Crippen molar-refractivity contribution >= 4 is 17.7 Å². The molecule has 3 rings (SSSR count). The average Bonchev–Trinajstić information content (AvgIpc) is 3.04. The second-order valence-electron chi connectivity index (χ2n) is 5.02. The van der Waals surface area contributed by atoms with E-state index in [1.165, 1.54) is 11.8 Å². The van der Waals surface area contributed by atoms with E-state index in [9.17, 15) is 4.79 Å². The molecule has 1 saturated heterocycles. The smallest absolute Gasteiger partial charge is 0.236 e. The van der Waals surface area contributed by atoms with E-state index in [4.69, 9.17) is 4.74 Å². The molecule has 22 heavy (non-hydrogen) atoms. The van der Waals surface area contributed by atoms with Gasteiger partial charge in [-0.15, -0.1) is 10.2 Å². The second kappa shape index (κ2) is 6.93. The molecule has 7 heteroatoms. The van der Waals surface area contributed by atoms with Gasteiger partial charge in [0.25, 0.3) is 0 Å². The van der Waals surface area contributed by atoms with Crippen LogP contribution in [0.1, 0.15) is 6.92 Å². The van der Waals surface area contributed by atoms with E-state index in [2.05, 4.69) is 10.2 Å². The highest BCUT2D eigenvalue weighted by molar-refractivity contribution is 8.00. The zero-order valence-electron chi connectivity index (χ0n) is 12.4. The normalized spacial score (nSPS) is 16.5. The summed E-state index contributed by atoms with van der Waals surface area (Å²) in [5.74, 6) is 0.121. The Morgan fingerprint density at radius 1 is 1.27 bits per heavy atom. The van der Waals surface area contributed by atoms with E-state index < -0.39 is 0 Å². The number of aromatic nitrogens is 3. The Morgan fingerprint density at radius 3 is 2.73 bits per heavy atom. The number of carbonyl (C=O) groups is 1. The van der Waals surface area contributed by atoms with Gasteiger partial charge in [-0.1, -0.05) is 30.0 Å².